The molecular formula is C23H27N3O. The fourth-order valence-corrected chi connectivity index (χ4v) is 4.13. The van der Waals surface area contributed by atoms with Crippen molar-refractivity contribution in [1.82, 2.24) is 9.97 Å². The smallest absolute Gasteiger partial charge is 0.165 e. The fourth-order valence-electron chi connectivity index (χ4n) is 4.13. The summed E-state index contributed by atoms with van der Waals surface area (Å²) in [6, 6.07) is 14.2. The maximum absolute atomic E-state index is 10.3. The minimum atomic E-state index is 0.218. The van der Waals surface area contributed by atoms with E-state index in [-0.39, 0.29) is 5.75 Å². The van der Waals surface area contributed by atoms with E-state index < -0.39 is 0 Å². The molecule has 1 aliphatic rings. The van der Waals surface area contributed by atoms with E-state index in [9.17, 15) is 5.11 Å². The molecule has 0 aliphatic carbocycles. The number of aryl methyl sites for hydroxylation is 1. The van der Waals surface area contributed by atoms with Crippen molar-refractivity contribution in [3.05, 3.63) is 48.0 Å². The first-order valence-electron chi connectivity index (χ1n) is 9.86. The van der Waals surface area contributed by atoms with E-state index in [0.717, 1.165) is 23.3 Å². The van der Waals surface area contributed by atoms with Crippen molar-refractivity contribution in [2.24, 2.45) is 5.92 Å². The zero-order chi connectivity index (χ0) is 19.0. The van der Waals surface area contributed by atoms with Crippen LogP contribution in [-0.2, 0) is 0 Å². The van der Waals surface area contributed by atoms with Crippen LogP contribution in [0.4, 0.5) is 5.82 Å². The Morgan fingerprint density at radius 2 is 1.96 bits per heavy atom. The molecule has 1 saturated heterocycles. The highest BCUT2D eigenvalue weighted by Crippen LogP contribution is 2.36. The van der Waals surface area contributed by atoms with Crippen molar-refractivity contribution in [3.63, 3.8) is 0 Å². The summed E-state index contributed by atoms with van der Waals surface area (Å²) in [6.07, 6.45) is 3.57. The van der Waals surface area contributed by atoms with Gasteiger partial charge in [0.2, 0.25) is 0 Å². The van der Waals surface area contributed by atoms with Gasteiger partial charge in [-0.15, -0.1) is 0 Å². The van der Waals surface area contributed by atoms with E-state index in [2.05, 4.69) is 43.9 Å². The molecule has 2 aromatic carbocycles. The summed E-state index contributed by atoms with van der Waals surface area (Å²) in [6.45, 7) is 7.67. The Hall–Kier alpha value is -2.62. The predicted octanol–water partition coefficient (Wildman–Crippen LogP) is 5.33. The van der Waals surface area contributed by atoms with Crippen molar-refractivity contribution in [2.75, 3.05) is 11.4 Å². The molecule has 1 fully saturated rings. The van der Waals surface area contributed by atoms with Gasteiger partial charge in [-0.1, -0.05) is 32.0 Å². The lowest BCUT2D eigenvalue weighted by Crippen LogP contribution is -2.31. The largest absolute Gasteiger partial charge is 0.507 e. The molecular weight excluding hydrogens is 334 g/mol. The van der Waals surface area contributed by atoms with Gasteiger partial charge in [-0.2, -0.15) is 0 Å². The number of hydrogen-bond acceptors (Lipinski definition) is 4. The van der Waals surface area contributed by atoms with Crippen LogP contribution < -0.4 is 4.90 Å². The second-order valence-corrected chi connectivity index (χ2v) is 8.03. The molecule has 27 heavy (non-hydrogen) atoms. The Balaban J connectivity index is 1.89. The Labute approximate surface area is 160 Å². The third kappa shape index (κ3) is 3.48. The Kier molecular flexibility index (Phi) is 4.73. The first kappa shape index (κ1) is 17.8. The minimum absolute atomic E-state index is 0.218. The highest BCUT2D eigenvalue weighted by atomic mass is 16.3. The van der Waals surface area contributed by atoms with E-state index in [1.165, 1.54) is 24.8 Å². The van der Waals surface area contributed by atoms with E-state index in [4.69, 9.17) is 9.97 Å². The lowest BCUT2D eigenvalue weighted by atomic mass is 10.0. The topological polar surface area (TPSA) is 49.2 Å². The molecule has 1 atom stereocenters. The van der Waals surface area contributed by atoms with Gasteiger partial charge in [-0.05, 0) is 61.9 Å². The molecule has 1 unspecified atom stereocenters. The number of rotatable bonds is 4. The Bertz CT molecular complexity index is 967. The molecule has 0 radical (unpaired) electrons. The summed E-state index contributed by atoms with van der Waals surface area (Å²) in [5.74, 6) is 2.47. The number of phenolic OH excluding ortho intramolecular Hbond substituents is 1. The number of aromatic nitrogens is 2. The third-order valence-electron chi connectivity index (χ3n) is 5.37. The Morgan fingerprint density at radius 3 is 2.74 bits per heavy atom. The molecule has 1 aliphatic heterocycles. The van der Waals surface area contributed by atoms with Crippen LogP contribution in [0, 0.1) is 12.8 Å². The average molecular weight is 361 g/mol. The highest BCUT2D eigenvalue weighted by Gasteiger charge is 2.28. The molecule has 1 N–H and O–H groups in total. The molecule has 0 saturated carbocycles. The summed E-state index contributed by atoms with van der Waals surface area (Å²) in [5.41, 5.74) is 2.80. The summed E-state index contributed by atoms with van der Waals surface area (Å²) >= 11 is 0. The van der Waals surface area contributed by atoms with E-state index in [1.807, 2.05) is 18.2 Å². The average Bonchev–Trinajstić information content (AvgIpc) is 3.08. The van der Waals surface area contributed by atoms with Gasteiger partial charge in [0.15, 0.2) is 5.82 Å². The molecule has 0 amide bonds. The first-order valence-corrected chi connectivity index (χ1v) is 9.86. The summed E-state index contributed by atoms with van der Waals surface area (Å²) < 4.78 is 0. The van der Waals surface area contributed by atoms with E-state index >= 15 is 0 Å². The molecule has 0 spiro atoms. The van der Waals surface area contributed by atoms with Crippen LogP contribution >= 0.6 is 0 Å². The zero-order valence-electron chi connectivity index (χ0n) is 16.3. The van der Waals surface area contributed by atoms with Crippen molar-refractivity contribution in [2.45, 2.75) is 46.1 Å². The van der Waals surface area contributed by atoms with Gasteiger partial charge in [-0.3, -0.25) is 0 Å². The second-order valence-electron chi connectivity index (χ2n) is 8.03. The van der Waals surface area contributed by atoms with Crippen LogP contribution in [-0.4, -0.2) is 27.7 Å². The molecule has 3 aromatic rings. The zero-order valence-corrected chi connectivity index (χ0v) is 16.3. The molecule has 1 aromatic heterocycles. The highest BCUT2D eigenvalue weighted by molar-refractivity contribution is 5.92. The lowest BCUT2D eigenvalue weighted by molar-refractivity contribution is 0.477. The van der Waals surface area contributed by atoms with Crippen LogP contribution in [0.5, 0.6) is 5.75 Å². The van der Waals surface area contributed by atoms with Gasteiger partial charge < -0.3 is 10.0 Å². The predicted molar refractivity (Wildman–Crippen MR) is 111 cm³/mol. The van der Waals surface area contributed by atoms with Crippen LogP contribution in [0.2, 0.25) is 0 Å². The number of nitrogens with zero attached hydrogens (tertiary/aromatic N) is 3. The van der Waals surface area contributed by atoms with Crippen LogP contribution in [0.15, 0.2) is 42.5 Å². The molecule has 4 rings (SSSR count). The van der Waals surface area contributed by atoms with Crippen molar-refractivity contribution in [1.29, 1.82) is 0 Å². The van der Waals surface area contributed by atoms with Crippen LogP contribution in [0.3, 0.4) is 0 Å². The van der Waals surface area contributed by atoms with Crippen molar-refractivity contribution >= 4 is 16.7 Å². The molecule has 140 valence electrons. The molecule has 4 heteroatoms. The summed E-state index contributed by atoms with van der Waals surface area (Å²) in [5, 5.41) is 11.4. The first-order chi connectivity index (χ1) is 13.0. The summed E-state index contributed by atoms with van der Waals surface area (Å²) in [4.78, 5) is 12.2. The van der Waals surface area contributed by atoms with Gasteiger partial charge in [0, 0.05) is 18.0 Å². The molecule has 2 heterocycles. The molecule has 4 nitrogen and oxygen atoms in total. The number of anilines is 1. The quantitative estimate of drug-likeness (QED) is 0.683. The Morgan fingerprint density at radius 1 is 1.15 bits per heavy atom. The lowest BCUT2D eigenvalue weighted by Gasteiger charge is -2.28. The number of hydrogen-bond donors (Lipinski definition) is 1. The van der Waals surface area contributed by atoms with Gasteiger partial charge >= 0.3 is 0 Å². The molecule has 0 bridgehead atoms. The fraction of sp³-hybridized carbons (Fsp3) is 0.391. The van der Waals surface area contributed by atoms with Crippen LogP contribution in [0.25, 0.3) is 22.3 Å². The maximum Gasteiger partial charge on any atom is 0.165 e. The summed E-state index contributed by atoms with van der Waals surface area (Å²) in [7, 11) is 0. The number of aromatic hydroxyl groups is 1. The monoisotopic (exact) mass is 361 g/mol. The van der Waals surface area contributed by atoms with Gasteiger partial charge in [0.1, 0.15) is 11.6 Å². The minimum Gasteiger partial charge on any atom is -0.507 e. The number of benzene rings is 2. The van der Waals surface area contributed by atoms with E-state index in [1.54, 1.807) is 6.07 Å². The van der Waals surface area contributed by atoms with Crippen molar-refractivity contribution in [3.8, 4) is 17.1 Å². The number of para-hydroxylation sites is 1. The standard InChI is InChI=1S/C23H27N3O/c1-15(2)13-17-7-6-12-26(17)23-18-11-10-16(3)14-20(18)24-22(25-23)19-8-4-5-9-21(19)27/h4-5,8-11,14-15,17,27H,6-7,12-13H2,1-3H3. The van der Waals surface area contributed by atoms with Gasteiger partial charge in [-0.25, -0.2) is 9.97 Å². The number of fused-ring (bicyclic) bond motifs is 1. The number of phenols is 1. The van der Waals surface area contributed by atoms with Gasteiger partial charge in [0.05, 0.1) is 11.1 Å². The van der Waals surface area contributed by atoms with Crippen LogP contribution in [0.1, 0.15) is 38.7 Å². The third-order valence-corrected chi connectivity index (χ3v) is 5.37. The normalized spacial score (nSPS) is 17.2. The maximum atomic E-state index is 10.3. The van der Waals surface area contributed by atoms with E-state index in [0.29, 0.717) is 23.3 Å². The second kappa shape index (κ2) is 7.18. The van der Waals surface area contributed by atoms with Crippen molar-refractivity contribution < 1.29 is 5.11 Å². The van der Waals surface area contributed by atoms with Gasteiger partial charge in [0.25, 0.3) is 0 Å². The SMILES string of the molecule is Cc1ccc2c(N3CCCC3CC(C)C)nc(-c3ccccc3O)nc2c1.